The van der Waals surface area contributed by atoms with E-state index in [2.05, 4.69) is 10.3 Å². The lowest BCUT2D eigenvalue weighted by molar-refractivity contribution is 0.163. The van der Waals surface area contributed by atoms with Crippen LogP contribution in [0.15, 0.2) is 12.1 Å². The smallest absolute Gasteiger partial charge is 0.255 e. The molecule has 0 aliphatic carbocycles. The number of halogens is 4. The van der Waals surface area contributed by atoms with Crippen LogP contribution >= 0.6 is 24.0 Å². The van der Waals surface area contributed by atoms with Gasteiger partial charge in [0.25, 0.3) is 6.43 Å². The van der Waals surface area contributed by atoms with E-state index in [9.17, 15) is 8.78 Å². The van der Waals surface area contributed by atoms with Gasteiger partial charge in [-0.3, -0.25) is 0 Å². The fourth-order valence-corrected chi connectivity index (χ4v) is 0.948. The lowest BCUT2D eigenvalue weighted by Gasteiger charge is -2.04. The highest BCUT2D eigenvalue weighted by Crippen LogP contribution is 2.15. The van der Waals surface area contributed by atoms with E-state index in [0.717, 1.165) is 0 Å². The molecule has 0 amide bonds. The molecule has 15 heavy (non-hydrogen) atoms. The first-order chi connectivity index (χ1) is 6.63. The first-order valence-corrected chi connectivity index (χ1v) is 4.10. The number of nitrogens with one attached hydrogen (secondary N) is 1. The monoisotopic (exact) mass is 253 g/mol. The minimum absolute atomic E-state index is 0. The Kier molecular flexibility index (Phi) is 5.90. The van der Waals surface area contributed by atoms with Gasteiger partial charge >= 0.3 is 0 Å². The number of anilines is 1. The summed E-state index contributed by atoms with van der Waals surface area (Å²) in [7, 11) is 0. The van der Waals surface area contributed by atoms with E-state index in [1.54, 1.807) is 6.07 Å². The standard InChI is InChI=1S/C8H6ClF2N3.ClH/c9-5-1-2-8(13-4-7(10)11)14-6(5)3-12;/h1-2,7H,4H2,(H,13,14);1H. The molecule has 7 heteroatoms. The molecule has 82 valence electrons. The molecule has 0 aromatic carbocycles. The van der Waals surface area contributed by atoms with Gasteiger partial charge in [-0.2, -0.15) is 5.26 Å². The zero-order valence-corrected chi connectivity index (χ0v) is 8.95. The highest BCUT2D eigenvalue weighted by molar-refractivity contribution is 6.31. The topological polar surface area (TPSA) is 48.7 Å². The highest BCUT2D eigenvalue weighted by atomic mass is 35.5. The summed E-state index contributed by atoms with van der Waals surface area (Å²) in [6.45, 7) is -0.500. The third-order valence-electron chi connectivity index (χ3n) is 1.39. The first-order valence-electron chi connectivity index (χ1n) is 3.72. The lowest BCUT2D eigenvalue weighted by Crippen LogP contribution is -2.11. The summed E-state index contributed by atoms with van der Waals surface area (Å²) in [5, 5.41) is 11.1. The molecule has 0 radical (unpaired) electrons. The highest BCUT2D eigenvalue weighted by Gasteiger charge is 2.05. The molecule has 0 spiro atoms. The van der Waals surface area contributed by atoms with Crippen LogP contribution in [0.5, 0.6) is 0 Å². The fraction of sp³-hybridized carbons (Fsp3) is 0.250. The van der Waals surface area contributed by atoms with Crippen LogP contribution in [-0.4, -0.2) is 18.0 Å². The number of alkyl halides is 2. The molecule has 1 aromatic rings. The number of hydrogen-bond donors (Lipinski definition) is 1. The van der Waals surface area contributed by atoms with Crippen LogP contribution in [-0.2, 0) is 0 Å². The number of aromatic nitrogens is 1. The van der Waals surface area contributed by atoms with Gasteiger partial charge < -0.3 is 5.32 Å². The molecule has 3 nitrogen and oxygen atoms in total. The Labute approximate surface area is 96.5 Å². The number of nitriles is 1. The molecule has 0 aliphatic rings. The van der Waals surface area contributed by atoms with Gasteiger partial charge in [-0.25, -0.2) is 13.8 Å². The van der Waals surface area contributed by atoms with Crippen molar-refractivity contribution in [3.8, 4) is 6.07 Å². The normalized spacial score (nSPS) is 9.27. The third-order valence-corrected chi connectivity index (χ3v) is 1.69. The van der Waals surface area contributed by atoms with E-state index in [1.165, 1.54) is 12.1 Å². The second-order valence-electron chi connectivity index (χ2n) is 2.41. The summed E-state index contributed by atoms with van der Waals surface area (Å²) in [5.41, 5.74) is 0.0194. The summed E-state index contributed by atoms with van der Waals surface area (Å²) in [6.07, 6.45) is -2.46. The number of nitrogens with zero attached hydrogens (tertiary/aromatic N) is 2. The molecule has 0 unspecified atom stereocenters. The van der Waals surface area contributed by atoms with Crippen molar-refractivity contribution in [2.75, 3.05) is 11.9 Å². The van der Waals surface area contributed by atoms with Crippen molar-refractivity contribution < 1.29 is 8.78 Å². The van der Waals surface area contributed by atoms with E-state index >= 15 is 0 Å². The van der Waals surface area contributed by atoms with Gasteiger partial charge in [0.05, 0.1) is 11.6 Å². The van der Waals surface area contributed by atoms with E-state index in [1.807, 2.05) is 0 Å². The summed E-state index contributed by atoms with van der Waals surface area (Å²) < 4.78 is 23.6. The van der Waals surface area contributed by atoms with Crippen molar-refractivity contribution in [2.24, 2.45) is 0 Å². The molecule has 1 N–H and O–H groups in total. The molecule has 0 saturated carbocycles. The molecular weight excluding hydrogens is 247 g/mol. The van der Waals surface area contributed by atoms with E-state index in [-0.39, 0.29) is 28.9 Å². The summed E-state index contributed by atoms with van der Waals surface area (Å²) >= 11 is 5.60. The number of pyridine rings is 1. The maximum atomic E-state index is 11.8. The Morgan fingerprint density at radius 1 is 1.53 bits per heavy atom. The Morgan fingerprint density at radius 2 is 2.20 bits per heavy atom. The largest absolute Gasteiger partial charge is 0.364 e. The Hall–Kier alpha value is -1.12. The van der Waals surface area contributed by atoms with Gasteiger partial charge in [0.2, 0.25) is 0 Å². The molecule has 0 atom stereocenters. The van der Waals surface area contributed by atoms with Crippen LogP contribution < -0.4 is 5.32 Å². The van der Waals surface area contributed by atoms with Gasteiger partial charge in [0.1, 0.15) is 11.9 Å². The van der Waals surface area contributed by atoms with E-state index in [4.69, 9.17) is 16.9 Å². The zero-order valence-electron chi connectivity index (χ0n) is 7.38. The second kappa shape index (κ2) is 6.38. The van der Waals surface area contributed by atoms with Crippen LogP contribution in [0.25, 0.3) is 0 Å². The molecule has 1 rings (SSSR count). The van der Waals surface area contributed by atoms with Crippen molar-refractivity contribution in [3.05, 3.63) is 22.8 Å². The lowest BCUT2D eigenvalue weighted by atomic mass is 10.3. The average Bonchev–Trinajstić information content (AvgIpc) is 2.16. The Morgan fingerprint density at radius 3 is 2.73 bits per heavy atom. The van der Waals surface area contributed by atoms with Gasteiger partial charge in [0.15, 0.2) is 5.69 Å². The Bertz CT molecular complexity index is 365. The van der Waals surface area contributed by atoms with Crippen molar-refractivity contribution >= 4 is 29.8 Å². The number of rotatable bonds is 3. The zero-order chi connectivity index (χ0) is 10.6. The second-order valence-corrected chi connectivity index (χ2v) is 2.82. The predicted octanol–water partition coefficient (Wildman–Crippen LogP) is 2.71. The van der Waals surface area contributed by atoms with Gasteiger partial charge in [-0.05, 0) is 12.1 Å². The molecule has 1 heterocycles. The summed E-state index contributed by atoms with van der Waals surface area (Å²) in [4.78, 5) is 3.73. The third kappa shape index (κ3) is 4.28. The molecule has 0 bridgehead atoms. The van der Waals surface area contributed by atoms with Crippen LogP contribution in [0, 0.1) is 11.3 Å². The van der Waals surface area contributed by atoms with Crippen LogP contribution in [0.2, 0.25) is 5.02 Å². The van der Waals surface area contributed by atoms with E-state index < -0.39 is 13.0 Å². The predicted molar refractivity (Wildman–Crippen MR) is 55.7 cm³/mol. The Balaban J connectivity index is 0.00000196. The van der Waals surface area contributed by atoms with Gasteiger partial charge in [0, 0.05) is 0 Å². The molecular formula is C8H7Cl2F2N3. The fourth-order valence-electron chi connectivity index (χ4n) is 0.801. The quantitative estimate of drug-likeness (QED) is 0.902. The maximum absolute atomic E-state index is 11.8. The van der Waals surface area contributed by atoms with Crippen LogP contribution in [0.1, 0.15) is 5.69 Å². The molecule has 0 aliphatic heterocycles. The van der Waals surface area contributed by atoms with Crippen LogP contribution in [0.3, 0.4) is 0 Å². The minimum Gasteiger partial charge on any atom is -0.364 e. The molecule has 1 aromatic heterocycles. The van der Waals surface area contributed by atoms with Crippen molar-refractivity contribution in [1.29, 1.82) is 5.26 Å². The molecule has 0 fully saturated rings. The van der Waals surface area contributed by atoms with Crippen molar-refractivity contribution in [1.82, 2.24) is 4.98 Å². The minimum atomic E-state index is -2.46. The maximum Gasteiger partial charge on any atom is 0.255 e. The van der Waals surface area contributed by atoms with Crippen molar-refractivity contribution in [3.63, 3.8) is 0 Å². The summed E-state index contributed by atoms with van der Waals surface area (Å²) in [6, 6.07) is 4.62. The van der Waals surface area contributed by atoms with Crippen molar-refractivity contribution in [2.45, 2.75) is 6.43 Å². The molecule has 0 saturated heterocycles. The van der Waals surface area contributed by atoms with Gasteiger partial charge in [-0.15, -0.1) is 12.4 Å². The SMILES string of the molecule is Cl.N#Cc1nc(NCC(F)F)ccc1Cl. The number of hydrogen-bond acceptors (Lipinski definition) is 3. The van der Waals surface area contributed by atoms with E-state index in [0.29, 0.717) is 0 Å². The van der Waals surface area contributed by atoms with Crippen LogP contribution in [0.4, 0.5) is 14.6 Å². The first kappa shape index (κ1) is 13.9. The van der Waals surface area contributed by atoms with Gasteiger partial charge in [-0.1, -0.05) is 11.6 Å². The average molecular weight is 254 g/mol. The summed E-state index contributed by atoms with van der Waals surface area (Å²) in [5.74, 6) is 0.214.